The lowest BCUT2D eigenvalue weighted by molar-refractivity contribution is 0.00695. The fourth-order valence-corrected chi connectivity index (χ4v) is 3.50. The number of esters is 1. The number of carbonyl (C=O) groups is 1. The monoisotopic (exact) mass is 461 g/mol. The van der Waals surface area contributed by atoms with Crippen LogP contribution in [-0.4, -0.2) is 35.3 Å². The minimum Gasteiger partial charge on any atom is -0.493 e. The minimum absolute atomic E-state index is 0.361. The van der Waals surface area contributed by atoms with Crippen molar-refractivity contribution < 1.29 is 19.0 Å². The molecule has 7 nitrogen and oxygen atoms in total. The highest BCUT2D eigenvalue weighted by molar-refractivity contribution is 5.91. The average Bonchev–Trinajstić information content (AvgIpc) is 3.65. The first-order valence-electron chi connectivity index (χ1n) is 11.5. The first kappa shape index (κ1) is 23.5. The predicted molar refractivity (Wildman–Crippen MR) is 131 cm³/mol. The average molecular weight is 462 g/mol. The molecule has 0 radical (unpaired) electrons. The summed E-state index contributed by atoms with van der Waals surface area (Å²) in [7, 11) is 1.64. The van der Waals surface area contributed by atoms with Gasteiger partial charge in [0.15, 0.2) is 11.5 Å². The van der Waals surface area contributed by atoms with Crippen molar-refractivity contribution in [3.63, 3.8) is 0 Å². The predicted octanol–water partition coefficient (Wildman–Crippen LogP) is 5.57. The molecule has 0 aliphatic heterocycles. The van der Waals surface area contributed by atoms with Gasteiger partial charge in [-0.25, -0.2) is 14.8 Å². The SMILES string of the molecule is COc1ccc(N(Cc2cncnc2)c2cccc(C(=O)OC(C)(C)C)c2)cc1OCC1CC1. The number of hydrogen-bond acceptors (Lipinski definition) is 7. The molecule has 0 spiro atoms. The molecule has 0 bridgehead atoms. The second-order valence-electron chi connectivity index (χ2n) is 9.47. The summed E-state index contributed by atoms with van der Waals surface area (Å²) in [5.41, 5.74) is 2.59. The van der Waals surface area contributed by atoms with E-state index in [0.29, 0.717) is 36.1 Å². The van der Waals surface area contributed by atoms with Gasteiger partial charge >= 0.3 is 5.97 Å². The van der Waals surface area contributed by atoms with Crippen molar-refractivity contribution in [3.8, 4) is 11.5 Å². The number of anilines is 2. The molecule has 3 aromatic rings. The standard InChI is InChI=1S/C27H31N3O4/c1-27(2,3)34-26(31)21-6-5-7-22(12-21)30(16-20-14-28-18-29-15-20)23-10-11-24(32-4)25(13-23)33-17-19-8-9-19/h5-7,10-15,18-19H,8-9,16-17H2,1-4H3. The number of hydrogen-bond donors (Lipinski definition) is 0. The molecule has 34 heavy (non-hydrogen) atoms. The van der Waals surface area contributed by atoms with Gasteiger partial charge in [-0.2, -0.15) is 0 Å². The van der Waals surface area contributed by atoms with E-state index in [1.807, 2.05) is 57.2 Å². The minimum atomic E-state index is -0.571. The van der Waals surface area contributed by atoms with Crippen LogP contribution in [0.2, 0.25) is 0 Å². The van der Waals surface area contributed by atoms with Gasteiger partial charge in [0.05, 0.1) is 25.8 Å². The number of nitrogens with zero attached hydrogens (tertiary/aromatic N) is 3. The molecule has 0 N–H and O–H groups in total. The van der Waals surface area contributed by atoms with Crippen molar-refractivity contribution in [2.24, 2.45) is 5.92 Å². The van der Waals surface area contributed by atoms with E-state index in [2.05, 4.69) is 14.9 Å². The Morgan fingerprint density at radius 2 is 1.76 bits per heavy atom. The van der Waals surface area contributed by atoms with Gasteiger partial charge in [0, 0.05) is 35.4 Å². The third-order valence-electron chi connectivity index (χ3n) is 5.38. The zero-order valence-electron chi connectivity index (χ0n) is 20.2. The van der Waals surface area contributed by atoms with Gasteiger partial charge < -0.3 is 19.1 Å². The van der Waals surface area contributed by atoms with Crippen molar-refractivity contribution in [3.05, 3.63) is 72.3 Å². The van der Waals surface area contributed by atoms with E-state index in [1.54, 1.807) is 25.6 Å². The molecule has 0 saturated heterocycles. The molecule has 7 heteroatoms. The van der Waals surface area contributed by atoms with Crippen molar-refractivity contribution in [2.45, 2.75) is 45.8 Å². The Bertz CT molecular complexity index is 1120. The summed E-state index contributed by atoms with van der Waals surface area (Å²) in [6.07, 6.45) is 7.49. The molecule has 1 aliphatic rings. The Labute approximate surface area is 200 Å². The summed E-state index contributed by atoms with van der Waals surface area (Å²) in [6, 6.07) is 13.3. The number of methoxy groups -OCH3 is 1. The zero-order valence-corrected chi connectivity index (χ0v) is 20.2. The maximum Gasteiger partial charge on any atom is 0.338 e. The molecule has 2 aromatic carbocycles. The molecule has 1 saturated carbocycles. The van der Waals surface area contributed by atoms with Crippen LogP contribution in [0.3, 0.4) is 0 Å². The Balaban J connectivity index is 1.69. The lowest BCUT2D eigenvalue weighted by Gasteiger charge is -2.27. The molecule has 1 aromatic heterocycles. The lowest BCUT2D eigenvalue weighted by Crippen LogP contribution is -2.24. The molecule has 0 amide bonds. The first-order chi connectivity index (χ1) is 16.3. The third kappa shape index (κ3) is 6.25. The topological polar surface area (TPSA) is 73.8 Å². The highest BCUT2D eigenvalue weighted by Gasteiger charge is 2.23. The molecule has 1 heterocycles. The van der Waals surface area contributed by atoms with Crippen molar-refractivity contribution in [2.75, 3.05) is 18.6 Å². The number of rotatable bonds is 9. The number of carbonyl (C=O) groups excluding carboxylic acids is 1. The van der Waals surface area contributed by atoms with Gasteiger partial charge in [-0.3, -0.25) is 0 Å². The molecule has 0 unspecified atom stereocenters. The van der Waals surface area contributed by atoms with Crippen LogP contribution in [0.1, 0.15) is 49.5 Å². The Morgan fingerprint density at radius 1 is 1.03 bits per heavy atom. The van der Waals surface area contributed by atoms with E-state index in [0.717, 1.165) is 16.9 Å². The summed E-state index contributed by atoms with van der Waals surface area (Å²) in [6.45, 7) is 6.76. The number of aromatic nitrogens is 2. The summed E-state index contributed by atoms with van der Waals surface area (Å²) < 4.78 is 17.2. The maximum absolute atomic E-state index is 12.7. The van der Waals surface area contributed by atoms with Crippen molar-refractivity contribution >= 4 is 17.3 Å². The molecule has 0 atom stereocenters. The number of ether oxygens (including phenoxy) is 3. The zero-order chi connectivity index (χ0) is 24.1. The van der Waals surface area contributed by atoms with Gasteiger partial charge in [0.25, 0.3) is 0 Å². The molecule has 178 valence electrons. The molecular weight excluding hydrogens is 430 g/mol. The van der Waals surface area contributed by atoms with Crippen molar-refractivity contribution in [1.82, 2.24) is 9.97 Å². The molecule has 4 rings (SSSR count). The van der Waals surface area contributed by atoms with Crippen LogP contribution < -0.4 is 14.4 Å². The van der Waals surface area contributed by atoms with Gasteiger partial charge in [0.2, 0.25) is 0 Å². The largest absolute Gasteiger partial charge is 0.493 e. The Hall–Kier alpha value is -3.61. The normalized spacial score (nSPS) is 13.3. The van der Waals surface area contributed by atoms with E-state index in [4.69, 9.17) is 14.2 Å². The fourth-order valence-electron chi connectivity index (χ4n) is 3.50. The highest BCUT2D eigenvalue weighted by Crippen LogP contribution is 2.38. The second kappa shape index (κ2) is 10.1. The molecular formula is C27H31N3O4. The summed E-state index contributed by atoms with van der Waals surface area (Å²) >= 11 is 0. The van der Waals surface area contributed by atoms with E-state index >= 15 is 0 Å². The maximum atomic E-state index is 12.7. The van der Waals surface area contributed by atoms with Gasteiger partial charge in [-0.1, -0.05) is 6.07 Å². The fraction of sp³-hybridized carbons (Fsp3) is 0.370. The lowest BCUT2D eigenvalue weighted by atomic mass is 10.1. The summed E-state index contributed by atoms with van der Waals surface area (Å²) in [4.78, 5) is 23.1. The van der Waals surface area contributed by atoms with Crippen LogP contribution >= 0.6 is 0 Å². The van der Waals surface area contributed by atoms with Gasteiger partial charge in [-0.05, 0) is 69.9 Å². The van der Waals surface area contributed by atoms with E-state index in [9.17, 15) is 4.79 Å². The quantitative estimate of drug-likeness (QED) is 0.386. The van der Waals surface area contributed by atoms with Crippen LogP contribution in [0.4, 0.5) is 11.4 Å². The van der Waals surface area contributed by atoms with Gasteiger partial charge in [-0.15, -0.1) is 0 Å². The first-order valence-corrected chi connectivity index (χ1v) is 11.5. The van der Waals surface area contributed by atoms with Crippen LogP contribution in [-0.2, 0) is 11.3 Å². The molecule has 1 aliphatic carbocycles. The summed E-state index contributed by atoms with van der Waals surface area (Å²) in [5, 5.41) is 0. The Kier molecular flexibility index (Phi) is 7.01. The third-order valence-corrected chi connectivity index (χ3v) is 5.38. The van der Waals surface area contributed by atoms with Crippen LogP contribution in [0, 0.1) is 5.92 Å². The van der Waals surface area contributed by atoms with Crippen LogP contribution in [0.25, 0.3) is 0 Å². The van der Waals surface area contributed by atoms with E-state index in [-0.39, 0.29) is 5.97 Å². The molecule has 1 fully saturated rings. The summed E-state index contributed by atoms with van der Waals surface area (Å²) in [5.74, 6) is 1.65. The second-order valence-corrected chi connectivity index (χ2v) is 9.47. The van der Waals surface area contributed by atoms with Crippen LogP contribution in [0.5, 0.6) is 11.5 Å². The smallest absolute Gasteiger partial charge is 0.338 e. The number of benzene rings is 2. The van der Waals surface area contributed by atoms with Crippen LogP contribution in [0.15, 0.2) is 61.2 Å². The van der Waals surface area contributed by atoms with E-state index < -0.39 is 5.60 Å². The highest BCUT2D eigenvalue weighted by atomic mass is 16.6. The Morgan fingerprint density at radius 3 is 2.44 bits per heavy atom. The van der Waals surface area contributed by atoms with E-state index in [1.165, 1.54) is 19.2 Å². The van der Waals surface area contributed by atoms with Gasteiger partial charge in [0.1, 0.15) is 11.9 Å². The van der Waals surface area contributed by atoms with Crippen molar-refractivity contribution in [1.29, 1.82) is 0 Å².